The van der Waals surface area contributed by atoms with Gasteiger partial charge >= 0.3 is 0 Å². The van der Waals surface area contributed by atoms with Gasteiger partial charge < -0.3 is 18.9 Å². The Hall–Kier alpha value is 0.240. The van der Waals surface area contributed by atoms with Crippen LogP contribution in [-0.2, 0) is 18.9 Å². The Kier molecular flexibility index (Phi) is 31.8. The first-order valence-electron chi connectivity index (χ1n) is 14.1. The molecule has 0 fully saturated rings. The molecule has 2 heterocycles. The molecule has 0 aliphatic rings. The second kappa shape index (κ2) is 31.7. The third-order valence-corrected chi connectivity index (χ3v) is 8.36. The van der Waals surface area contributed by atoms with E-state index >= 15 is 0 Å². The Bertz CT molecular complexity index is 691. The van der Waals surface area contributed by atoms with Crippen LogP contribution in [0.4, 0.5) is 0 Å². The number of nitrogens with zero attached hydrogens (tertiary/aromatic N) is 2. The van der Waals surface area contributed by atoms with Crippen LogP contribution >= 0.6 is 72.1 Å². The van der Waals surface area contributed by atoms with E-state index in [0.717, 1.165) is 58.7 Å². The molecule has 0 atom stereocenters. The molecule has 2 rings (SSSR count). The highest BCUT2D eigenvalue weighted by molar-refractivity contribution is 8.76. The Morgan fingerprint density at radius 1 is 0.561 bits per heavy atom. The van der Waals surface area contributed by atoms with E-state index in [0.29, 0.717) is 52.9 Å². The van der Waals surface area contributed by atoms with Crippen LogP contribution in [0.1, 0.15) is 39.5 Å². The number of pyridine rings is 2. The predicted octanol–water partition coefficient (Wildman–Crippen LogP) is 7.62. The average molecular weight is 683 g/mol. The van der Waals surface area contributed by atoms with E-state index in [-0.39, 0.29) is 5.41 Å². The van der Waals surface area contributed by atoms with Gasteiger partial charge in [-0.2, -0.15) is 50.5 Å². The van der Waals surface area contributed by atoms with Crippen molar-refractivity contribution in [3.8, 4) is 0 Å². The Balaban J connectivity index is 0.000000832. The summed E-state index contributed by atoms with van der Waals surface area (Å²) in [6, 6.07) is 11.8. The van der Waals surface area contributed by atoms with E-state index in [2.05, 4.69) is 60.5 Å². The molecule has 0 aliphatic heterocycles. The summed E-state index contributed by atoms with van der Waals surface area (Å²) in [7, 11) is 3.23. The van der Waals surface area contributed by atoms with E-state index in [1.165, 1.54) is 0 Å². The molecule has 0 aromatic carbocycles. The SMILES string of the molecule is CC.SCCCOCC(COCCCS)(COCCCS)COCCCS.c1ccc(SSc2ccccn2)nc1. The quantitative estimate of drug-likeness (QED) is 0.0543. The van der Waals surface area contributed by atoms with E-state index in [4.69, 9.17) is 18.9 Å². The lowest BCUT2D eigenvalue weighted by molar-refractivity contribution is -0.106. The van der Waals surface area contributed by atoms with Crippen molar-refractivity contribution in [1.29, 1.82) is 0 Å². The summed E-state index contributed by atoms with van der Waals surface area (Å²) in [4.78, 5) is 8.42. The zero-order valence-electron chi connectivity index (χ0n) is 24.6. The van der Waals surface area contributed by atoms with E-state index in [1.54, 1.807) is 34.0 Å². The Morgan fingerprint density at radius 3 is 1.12 bits per heavy atom. The topological polar surface area (TPSA) is 62.7 Å². The predicted molar refractivity (Wildman–Crippen MR) is 191 cm³/mol. The third-order valence-electron chi connectivity index (χ3n) is 4.91. The Labute approximate surface area is 279 Å². The molecule has 12 heteroatoms. The van der Waals surface area contributed by atoms with E-state index < -0.39 is 0 Å². The monoisotopic (exact) mass is 682 g/mol. The van der Waals surface area contributed by atoms with Gasteiger partial charge in [-0.1, -0.05) is 26.0 Å². The van der Waals surface area contributed by atoms with Crippen LogP contribution in [0.5, 0.6) is 0 Å². The highest BCUT2D eigenvalue weighted by Gasteiger charge is 2.32. The van der Waals surface area contributed by atoms with Crippen molar-refractivity contribution in [2.75, 3.05) is 75.9 Å². The van der Waals surface area contributed by atoms with E-state index in [9.17, 15) is 0 Å². The normalized spacial score (nSPS) is 10.9. The molecular formula is C29H50N2O4S6. The largest absolute Gasteiger partial charge is 0.381 e. The van der Waals surface area contributed by atoms with Crippen molar-refractivity contribution in [2.45, 2.75) is 49.6 Å². The molecule has 2 aromatic rings. The molecule has 236 valence electrons. The van der Waals surface area contributed by atoms with Gasteiger partial charge in [-0.3, -0.25) is 0 Å². The zero-order chi connectivity index (χ0) is 30.3. The minimum absolute atomic E-state index is 0.291. The van der Waals surface area contributed by atoms with E-state index in [1.807, 2.05) is 50.2 Å². The van der Waals surface area contributed by atoms with Crippen molar-refractivity contribution < 1.29 is 18.9 Å². The summed E-state index contributed by atoms with van der Waals surface area (Å²) in [5, 5.41) is 2.01. The molecule has 41 heavy (non-hydrogen) atoms. The molecule has 6 nitrogen and oxygen atoms in total. The van der Waals surface area contributed by atoms with Gasteiger partial charge in [0, 0.05) is 38.8 Å². The van der Waals surface area contributed by atoms with Gasteiger partial charge in [-0.05, 0) is 94.5 Å². The first kappa shape index (κ1) is 41.2. The second-order valence-corrected chi connectivity index (χ2v) is 12.5. The average Bonchev–Trinajstić information content (AvgIpc) is 3.03. The van der Waals surface area contributed by atoms with Crippen molar-refractivity contribution in [2.24, 2.45) is 5.41 Å². The molecule has 0 N–H and O–H groups in total. The van der Waals surface area contributed by atoms with Crippen LogP contribution < -0.4 is 0 Å². The van der Waals surface area contributed by atoms with Gasteiger partial charge in [-0.25, -0.2) is 9.97 Å². The standard InChI is InChI=1S/C17H36O4S4.C10H8N2S2.C2H6/c22-9-1-5-18-13-17(14-19-6-2-10-23,15-20-7-3-11-24)16-21-8-4-12-25;1-3-7-11-9(5-1)13-14-10-6-2-4-8-12-10;1-2/h22-25H,1-16H2;1-8H;1-2H3. The van der Waals surface area contributed by atoms with Gasteiger partial charge in [0.05, 0.1) is 31.8 Å². The fourth-order valence-electron chi connectivity index (χ4n) is 2.95. The summed E-state index contributed by atoms with van der Waals surface area (Å²) < 4.78 is 23.5. The lowest BCUT2D eigenvalue weighted by Crippen LogP contribution is -2.42. The molecule has 0 radical (unpaired) electrons. The molecule has 0 saturated heterocycles. The number of hydrogen-bond acceptors (Lipinski definition) is 12. The highest BCUT2D eigenvalue weighted by Crippen LogP contribution is 2.34. The van der Waals surface area contributed by atoms with Crippen LogP contribution in [0.25, 0.3) is 0 Å². The first-order valence-corrected chi connectivity index (χ1v) is 18.8. The van der Waals surface area contributed by atoms with Gasteiger partial charge in [-0.15, -0.1) is 0 Å². The van der Waals surface area contributed by atoms with Gasteiger partial charge in [0.25, 0.3) is 0 Å². The molecule has 0 amide bonds. The summed E-state index contributed by atoms with van der Waals surface area (Å²) in [6.07, 6.45) is 7.31. The maximum Gasteiger partial charge on any atom is 0.107 e. The molecular weight excluding hydrogens is 633 g/mol. The van der Waals surface area contributed by atoms with Crippen LogP contribution in [-0.4, -0.2) is 85.8 Å². The molecule has 0 spiro atoms. The number of hydrogen-bond donors (Lipinski definition) is 4. The highest BCUT2D eigenvalue weighted by atomic mass is 33.1. The van der Waals surface area contributed by atoms with Crippen LogP contribution in [0, 0.1) is 5.41 Å². The smallest absolute Gasteiger partial charge is 0.107 e. The van der Waals surface area contributed by atoms with Crippen LogP contribution in [0.15, 0.2) is 58.8 Å². The fourth-order valence-corrected chi connectivity index (χ4v) is 5.22. The molecule has 0 saturated carbocycles. The van der Waals surface area contributed by atoms with Crippen molar-refractivity contribution >= 4 is 72.1 Å². The van der Waals surface area contributed by atoms with Gasteiger partial charge in [0.1, 0.15) is 10.1 Å². The van der Waals surface area contributed by atoms with Crippen LogP contribution in [0.3, 0.4) is 0 Å². The second-order valence-electron chi connectivity index (χ2n) is 8.52. The lowest BCUT2D eigenvalue weighted by Gasteiger charge is -2.33. The van der Waals surface area contributed by atoms with Crippen molar-refractivity contribution in [1.82, 2.24) is 9.97 Å². The summed E-state index contributed by atoms with van der Waals surface area (Å²) in [5.74, 6) is 3.29. The molecule has 0 aliphatic carbocycles. The number of aromatic nitrogens is 2. The van der Waals surface area contributed by atoms with Crippen molar-refractivity contribution in [3.63, 3.8) is 0 Å². The minimum Gasteiger partial charge on any atom is -0.381 e. The maximum atomic E-state index is 5.88. The fraction of sp³-hybridized carbons (Fsp3) is 0.655. The minimum atomic E-state index is -0.291. The zero-order valence-corrected chi connectivity index (χ0v) is 29.8. The number of rotatable bonds is 23. The number of ether oxygens (including phenoxy) is 4. The summed E-state index contributed by atoms with van der Waals surface area (Å²) in [6.45, 7) is 8.99. The third kappa shape index (κ3) is 24.3. The van der Waals surface area contributed by atoms with Gasteiger partial charge in [0.2, 0.25) is 0 Å². The first-order chi connectivity index (χ1) is 20.2. The number of thiol groups is 4. The van der Waals surface area contributed by atoms with Crippen molar-refractivity contribution in [3.05, 3.63) is 48.8 Å². The van der Waals surface area contributed by atoms with Crippen LogP contribution in [0.2, 0.25) is 0 Å². The molecule has 0 bridgehead atoms. The Morgan fingerprint density at radius 2 is 0.878 bits per heavy atom. The maximum absolute atomic E-state index is 5.88. The lowest BCUT2D eigenvalue weighted by atomic mass is 9.92. The van der Waals surface area contributed by atoms with Gasteiger partial charge in [0.15, 0.2) is 0 Å². The molecule has 2 aromatic heterocycles. The summed E-state index contributed by atoms with van der Waals surface area (Å²) in [5.41, 5.74) is -0.291. The molecule has 0 unspecified atom stereocenters. The summed E-state index contributed by atoms with van der Waals surface area (Å²) >= 11 is 16.9.